The number of nitrogens with one attached hydrogen (secondary N) is 1. The Balaban J connectivity index is 2.13. The average molecular weight is 343 g/mol. The van der Waals surface area contributed by atoms with Gasteiger partial charge in [-0.15, -0.1) is 11.3 Å². The number of esters is 1. The highest BCUT2D eigenvalue weighted by Gasteiger charge is 2.15. The van der Waals surface area contributed by atoms with Crippen LogP contribution in [-0.2, 0) is 11.3 Å². The van der Waals surface area contributed by atoms with Gasteiger partial charge in [-0.2, -0.15) is 0 Å². The molecule has 0 fully saturated rings. The first-order valence-electron chi connectivity index (χ1n) is 6.12. The molecular formula is C14H12ClFN2O3S. The van der Waals surface area contributed by atoms with Crippen molar-refractivity contribution < 1.29 is 18.7 Å². The van der Waals surface area contributed by atoms with E-state index in [9.17, 15) is 14.0 Å². The van der Waals surface area contributed by atoms with E-state index in [4.69, 9.17) is 17.3 Å². The Labute approximate surface area is 134 Å². The van der Waals surface area contributed by atoms with Gasteiger partial charge in [0.05, 0.1) is 21.9 Å². The Kier molecular flexibility index (Phi) is 4.99. The van der Waals surface area contributed by atoms with E-state index in [1.807, 2.05) is 0 Å². The van der Waals surface area contributed by atoms with E-state index in [-0.39, 0.29) is 29.3 Å². The molecule has 1 aromatic carbocycles. The number of methoxy groups -OCH3 is 1. The Morgan fingerprint density at radius 2 is 2.14 bits per heavy atom. The highest BCUT2D eigenvalue weighted by atomic mass is 35.5. The molecule has 1 heterocycles. The van der Waals surface area contributed by atoms with Crippen LogP contribution in [0.3, 0.4) is 0 Å². The van der Waals surface area contributed by atoms with Crippen LogP contribution >= 0.6 is 22.9 Å². The second kappa shape index (κ2) is 6.76. The normalized spacial score (nSPS) is 10.3. The molecule has 0 atom stereocenters. The fourth-order valence-corrected chi connectivity index (χ4v) is 2.73. The van der Waals surface area contributed by atoms with Crippen LogP contribution < -0.4 is 11.1 Å². The summed E-state index contributed by atoms with van der Waals surface area (Å²) in [4.78, 5) is 23.6. The van der Waals surface area contributed by atoms with Crippen molar-refractivity contribution >= 4 is 40.5 Å². The zero-order valence-electron chi connectivity index (χ0n) is 11.5. The summed E-state index contributed by atoms with van der Waals surface area (Å²) in [5, 5.41) is 2.55. The minimum Gasteiger partial charge on any atom is -0.465 e. The van der Waals surface area contributed by atoms with E-state index < -0.39 is 11.8 Å². The van der Waals surface area contributed by atoms with E-state index in [2.05, 4.69) is 10.1 Å². The quantitative estimate of drug-likeness (QED) is 0.661. The van der Waals surface area contributed by atoms with Gasteiger partial charge in [0.15, 0.2) is 0 Å². The smallest absolute Gasteiger partial charge is 0.338 e. The van der Waals surface area contributed by atoms with Crippen molar-refractivity contribution in [1.29, 1.82) is 0 Å². The van der Waals surface area contributed by atoms with E-state index >= 15 is 0 Å². The third kappa shape index (κ3) is 3.55. The topological polar surface area (TPSA) is 81.4 Å². The van der Waals surface area contributed by atoms with Crippen molar-refractivity contribution in [2.45, 2.75) is 6.54 Å². The van der Waals surface area contributed by atoms with Crippen LogP contribution in [0.2, 0.25) is 4.34 Å². The third-order valence-corrected chi connectivity index (χ3v) is 4.10. The van der Waals surface area contributed by atoms with Crippen molar-refractivity contribution in [3.8, 4) is 0 Å². The molecule has 2 aromatic rings. The molecule has 0 aliphatic heterocycles. The predicted octanol–water partition coefficient (Wildman–Crippen LogP) is 2.84. The second-order valence-electron chi connectivity index (χ2n) is 4.30. The lowest BCUT2D eigenvalue weighted by molar-refractivity contribution is 0.0600. The number of rotatable bonds is 4. The number of halogens is 2. The van der Waals surface area contributed by atoms with Crippen LogP contribution in [0, 0.1) is 5.82 Å². The highest BCUT2D eigenvalue weighted by Crippen LogP contribution is 2.22. The zero-order valence-corrected chi connectivity index (χ0v) is 13.1. The first-order chi connectivity index (χ1) is 10.4. The summed E-state index contributed by atoms with van der Waals surface area (Å²) in [5.74, 6) is -1.76. The van der Waals surface area contributed by atoms with Crippen molar-refractivity contribution in [2.24, 2.45) is 0 Å². The number of hydrogen-bond acceptors (Lipinski definition) is 5. The maximum atomic E-state index is 14.0. The van der Waals surface area contributed by atoms with Gasteiger partial charge in [0.25, 0.3) is 5.91 Å². The van der Waals surface area contributed by atoms with E-state index in [1.54, 1.807) is 12.1 Å². The lowest BCUT2D eigenvalue weighted by Gasteiger charge is -2.10. The minimum absolute atomic E-state index is 0.0117. The molecule has 0 bridgehead atoms. The number of carbonyl (C=O) groups excluding carboxylic acids is 2. The molecular weight excluding hydrogens is 331 g/mol. The Bertz CT molecular complexity index is 710. The summed E-state index contributed by atoms with van der Waals surface area (Å²) >= 11 is 6.86. The van der Waals surface area contributed by atoms with Gasteiger partial charge in [0.2, 0.25) is 0 Å². The van der Waals surface area contributed by atoms with Gasteiger partial charge in [0, 0.05) is 17.8 Å². The third-order valence-electron chi connectivity index (χ3n) is 2.87. The van der Waals surface area contributed by atoms with Crippen molar-refractivity contribution in [3.63, 3.8) is 0 Å². The number of anilines is 1. The fourth-order valence-electron chi connectivity index (χ4n) is 1.77. The van der Waals surface area contributed by atoms with Gasteiger partial charge < -0.3 is 15.8 Å². The average Bonchev–Trinajstić information content (AvgIpc) is 2.91. The van der Waals surface area contributed by atoms with Crippen LogP contribution in [0.4, 0.5) is 10.1 Å². The highest BCUT2D eigenvalue weighted by molar-refractivity contribution is 7.17. The number of hydrogen-bond donors (Lipinski definition) is 2. The molecule has 0 spiro atoms. The van der Waals surface area contributed by atoms with Gasteiger partial charge in [-0.1, -0.05) is 11.6 Å². The zero-order chi connectivity index (χ0) is 16.3. The van der Waals surface area contributed by atoms with Crippen molar-refractivity contribution in [1.82, 2.24) is 5.32 Å². The van der Waals surface area contributed by atoms with E-state index in [1.165, 1.54) is 13.2 Å². The van der Waals surface area contributed by atoms with E-state index in [0.717, 1.165) is 17.4 Å². The minimum atomic E-state index is -0.690. The van der Waals surface area contributed by atoms with Crippen LogP contribution in [0.25, 0.3) is 0 Å². The lowest BCUT2D eigenvalue weighted by Crippen LogP contribution is -2.23. The van der Waals surface area contributed by atoms with Crippen molar-refractivity contribution in [2.75, 3.05) is 12.8 Å². The van der Waals surface area contributed by atoms with Gasteiger partial charge in [-0.05, 0) is 24.3 Å². The molecule has 1 amide bonds. The van der Waals surface area contributed by atoms with Crippen molar-refractivity contribution in [3.05, 3.63) is 50.4 Å². The molecule has 1 aromatic heterocycles. The number of amides is 1. The molecule has 0 radical (unpaired) electrons. The predicted molar refractivity (Wildman–Crippen MR) is 82.7 cm³/mol. The molecule has 0 aliphatic rings. The summed E-state index contributed by atoms with van der Waals surface area (Å²) in [6.45, 7) is -0.104. The monoisotopic (exact) mass is 342 g/mol. The van der Waals surface area contributed by atoms with Crippen LogP contribution in [0.15, 0.2) is 24.3 Å². The molecule has 0 saturated heterocycles. The molecule has 2 rings (SSSR count). The largest absolute Gasteiger partial charge is 0.465 e. The maximum absolute atomic E-state index is 14.0. The molecule has 22 heavy (non-hydrogen) atoms. The first kappa shape index (κ1) is 16.3. The summed E-state index contributed by atoms with van der Waals surface area (Å²) in [5.41, 5.74) is 5.90. The molecule has 116 valence electrons. The Hall–Kier alpha value is -2.12. The lowest BCUT2D eigenvalue weighted by atomic mass is 10.1. The fraction of sp³-hybridized carbons (Fsp3) is 0.143. The number of thiophene rings is 1. The number of ether oxygens (including phenoxy) is 1. The van der Waals surface area contributed by atoms with Crippen LogP contribution in [0.5, 0.6) is 0 Å². The van der Waals surface area contributed by atoms with Gasteiger partial charge in [-0.25, -0.2) is 9.18 Å². The van der Waals surface area contributed by atoms with Crippen LogP contribution in [0.1, 0.15) is 25.6 Å². The summed E-state index contributed by atoms with van der Waals surface area (Å²) in [6.07, 6.45) is 0. The summed E-state index contributed by atoms with van der Waals surface area (Å²) in [7, 11) is 1.19. The molecule has 0 aliphatic carbocycles. The maximum Gasteiger partial charge on any atom is 0.338 e. The molecule has 0 saturated carbocycles. The molecule has 0 unspecified atom stereocenters. The Morgan fingerprint density at radius 1 is 1.41 bits per heavy atom. The molecule has 5 nitrogen and oxygen atoms in total. The number of benzene rings is 1. The first-order valence-corrected chi connectivity index (χ1v) is 7.31. The summed E-state index contributed by atoms with van der Waals surface area (Å²) < 4.78 is 19.0. The van der Waals surface area contributed by atoms with Crippen LogP contribution in [-0.4, -0.2) is 19.0 Å². The number of nitrogen functional groups attached to an aromatic ring is 1. The SMILES string of the molecule is COC(=O)c1cc(N)c(CNC(=O)c2ccc(Cl)s2)c(F)c1. The number of nitrogens with two attached hydrogens (primary N) is 1. The Morgan fingerprint density at radius 3 is 2.68 bits per heavy atom. The molecule has 8 heteroatoms. The van der Waals surface area contributed by atoms with E-state index in [0.29, 0.717) is 9.21 Å². The van der Waals surface area contributed by atoms with Gasteiger partial charge in [0.1, 0.15) is 5.82 Å². The van der Waals surface area contributed by atoms with Gasteiger partial charge >= 0.3 is 5.97 Å². The molecule has 3 N–H and O–H groups in total. The standard InChI is InChI=1S/C14H12ClFN2O3S/c1-21-14(20)7-4-9(16)8(10(17)5-7)6-18-13(19)11-2-3-12(15)22-11/h2-5H,6,17H2,1H3,(H,18,19). The second-order valence-corrected chi connectivity index (χ2v) is 6.02. The number of carbonyl (C=O) groups is 2. The summed E-state index contributed by atoms with van der Waals surface area (Å²) in [6, 6.07) is 5.49. The van der Waals surface area contributed by atoms with Gasteiger partial charge in [-0.3, -0.25) is 4.79 Å².